The molecule has 0 saturated heterocycles. The Kier molecular flexibility index (Phi) is 4.16. The minimum Gasteiger partial charge on any atom is -0.462 e. The van der Waals surface area contributed by atoms with Crippen molar-refractivity contribution in [3.63, 3.8) is 0 Å². The van der Waals surface area contributed by atoms with Crippen molar-refractivity contribution in [2.24, 2.45) is 0 Å². The quantitative estimate of drug-likeness (QED) is 0.685. The summed E-state index contributed by atoms with van der Waals surface area (Å²) in [5, 5.41) is 4.41. The molecule has 124 valence electrons. The molecule has 2 aromatic heterocycles. The van der Waals surface area contributed by atoms with Crippen LogP contribution in [0.4, 0.5) is 0 Å². The molecule has 0 N–H and O–H groups in total. The molecule has 7 nitrogen and oxygen atoms in total. The number of rotatable bonds is 4. The molecule has 2 heterocycles. The van der Waals surface area contributed by atoms with Gasteiger partial charge in [0.15, 0.2) is 0 Å². The van der Waals surface area contributed by atoms with Crippen LogP contribution in [-0.2, 0) is 11.2 Å². The van der Waals surface area contributed by atoms with Gasteiger partial charge in [0.1, 0.15) is 11.4 Å². The van der Waals surface area contributed by atoms with Crippen molar-refractivity contribution in [1.29, 1.82) is 0 Å². The van der Waals surface area contributed by atoms with Gasteiger partial charge in [0.2, 0.25) is 5.78 Å². The lowest BCUT2D eigenvalue weighted by Gasteiger charge is -2.08. The number of hydrogen-bond donors (Lipinski definition) is 0. The minimum absolute atomic E-state index is 0.0208. The predicted octanol–water partition coefficient (Wildman–Crippen LogP) is 1.93. The standard InChI is InChI=1S/C17H18N4O3/c1-4-13-14(16(23)24-5-2)15(22)20-11(3)19-21(17(20)18-13)12-9-7-6-8-10-12/h6-10H,4-5H2,1-3H3. The molecule has 1 aromatic carbocycles. The fraction of sp³-hybridized carbons (Fsp3) is 0.294. The van der Waals surface area contributed by atoms with Crippen LogP contribution in [0.1, 0.15) is 35.7 Å². The summed E-state index contributed by atoms with van der Waals surface area (Å²) in [7, 11) is 0. The summed E-state index contributed by atoms with van der Waals surface area (Å²) in [6.45, 7) is 5.45. The van der Waals surface area contributed by atoms with Crippen LogP contribution in [0.15, 0.2) is 35.1 Å². The van der Waals surface area contributed by atoms with Gasteiger partial charge in [-0.15, -0.1) is 0 Å². The van der Waals surface area contributed by atoms with Crippen LogP contribution in [-0.4, -0.2) is 31.7 Å². The van der Waals surface area contributed by atoms with Gasteiger partial charge in [-0.25, -0.2) is 14.2 Å². The lowest BCUT2D eigenvalue weighted by Crippen LogP contribution is -2.27. The van der Waals surface area contributed by atoms with Crippen molar-refractivity contribution in [3.05, 3.63) is 57.8 Å². The van der Waals surface area contributed by atoms with Crippen LogP contribution in [0.3, 0.4) is 0 Å². The molecule has 0 atom stereocenters. The molecule has 0 fully saturated rings. The second-order valence-corrected chi connectivity index (χ2v) is 5.24. The minimum atomic E-state index is -0.645. The van der Waals surface area contributed by atoms with Crippen LogP contribution in [0.5, 0.6) is 0 Å². The van der Waals surface area contributed by atoms with Gasteiger partial charge in [0.05, 0.1) is 18.0 Å². The van der Waals surface area contributed by atoms with Gasteiger partial charge < -0.3 is 4.74 Å². The summed E-state index contributed by atoms with van der Waals surface area (Å²) in [4.78, 5) is 29.6. The zero-order chi connectivity index (χ0) is 17.3. The third-order valence-corrected chi connectivity index (χ3v) is 3.71. The Morgan fingerprint density at radius 2 is 1.92 bits per heavy atom. The molecule has 3 rings (SSSR count). The van der Waals surface area contributed by atoms with Crippen molar-refractivity contribution in [2.75, 3.05) is 6.61 Å². The number of esters is 1. The Hall–Kier alpha value is -2.96. The van der Waals surface area contributed by atoms with Crippen LogP contribution in [0, 0.1) is 6.92 Å². The molecule has 0 aliphatic carbocycles. The van der Waals surface area contributed by atoms with Crippen LogP contribution in [0.2, 0.25) is 0 Å². The number of aromatic nitrogens is 4. The molecule has 0 radical (unpaired) electrons. The number of para-hydroxylation sites is 1. The Balaban J connectivity index is 2.34. The largest absolute Gasteiger partial charge is 0.462 e. The summed E-state index contributed by atoms with van der Waals surface area (Å²) in [6, 6.07) is 9.42. The third-order valence-electron chi connectivity index (χ3n) is 3.71. The van der Waals surface area contributed by atoms with Gasteiger partial charge in [0.25, 0.3) is 5.56 Å². The van der Waals surface area contributed by atoms with Gasteiger partial charge in [-0.3, -0.25) is 4.79 Å². The fourth-order valence-electron chi connectivity index (χ4n) is 2.63. The highest BCUT2D eigenvalue weighted by molar-refractivity contribution is 5.90. The molecule has 0 spiro atoms. The maximum absolute atomic E-state index is 12.9. The van der Waals surface area contributed by atoms with Crippen molar-refractivity contribution in [3.8, 4) is 5.69 Å². The van der Waals surface area contributed by atoms with E-state index in [0.717, 1.165) is 5.69 Å². The molecule has 0 aliphatic rings. The number of aryl methyl sites for hydroxylation is 2. The van der Waals surface area contributed by atoms with Gasteiger partial charge in [-0.05, 0) is 32.4 Å². The number of nitrogens with zero attached hydrogens (tertiary/aromatic N) is 4. The summed E-state index contributed by atoms with van der Waals surface area (Å²) < 4.78 is 7.96. The van der Waals surface area contributed by atoms with E-state index in [2.05, 4.69) is 10.1 Å². The molecule has 0 saturated carbocycles. The van der Waals surface area contributed by atoms with Crippen molar-refractivity contribution < 1.29 is 9.53 Å². The molecular weight excluding hydrogens is 308 g/mol. The van der Waals surface area contributed by atoms with E-state index in [1.165, 1.54) is 4.40 Å². The Labute approximate surface area is 138 Å². The summed E-state index contributed by atoms with van der Waals surface area (Å²) >= 11 is 0. The topological polar surface area (TPSA) is 78.5 Å². The predicted molar refractivity (Wildman–Crippen MR) is 88.7 cm³/mol. The van der Waals surface area contributed by atoms with Crippen molar-refractivity contribution in [2.45, 2.75) is 27.2 Å². The average molecular weight is 326 g/mol. The van der Waals surface area contributed by atoms with E-state index in [1.807, 2.05) is 37.3 Å². The van der Waals surface area contributed by atoms with E-state index < -0.39 is 11.5 Å². The monoisotopic (exact) mass is 326 g/mol. The summed E-state index contributed by atoms with van der Waals surface area (Å²) in [5.74, 6) is 0.196. The van der Waals surface area contributed by atoms with E-state index in [0.29, 0.717) is 23.7 Å². The average Bonchev–Trinajstić information content (AvgIpc) is 2.92. The molecule has 0 unspecified atom stereocenters. The number of carbonyl (C=O) groups excluding carboxylic acids is 1. The molecule has 0 amide bonds. The van der Waals surface area contributed by atoms with Crippen LogP contribution in [0.25, 0.3) is 11.5 Å². The first kappa shape index (κ1) is 15.9. The van der Waals surface area contributed by atoms with Gasteiger partial charge in [0, 0.05) is 0 Å². The Morgan fingerprint density at radius 1 is 1.21 bits per heavy atom. The van der Waals surface area contributed by atoms with Gasteiger partial charge in [-0.2, -0.15) is 9.78 Å². The highest BCUT2D eigenvalue weighted by Gasteiger charge is 2.23. The lowest BCUT2D eigenvalue weighted by molar-refractivity contribution is 0.0522. The highest BCUT2D eigenvalue weighted by Crippen LogP contribution is 2.14. The number of ether oxygens (including phenoxy) is 1. The van der Waals surface area contributed by atoms with Crippen molar-refractivity contribution in [1.82, 2.24) is 19.2 Å². The summed E-state index contributed by atoms with van der Waals surface area (Å²) in [6.07, 6.45) is 0.443. The number of benzene rings is 1. The highest BCUT2D eigenvalue weighted by atomic mass is 16.5. The zero-order valence-electron chi connectivity index (χ0n) is 13.8. The lowest BCUT2D eigenvalue weighted by atomic mass is 10.2. The van der Waals surface area contributed by atoms with Gasteiger partial charge in [-0.1, -0.05) is 25.1 Å². The maximum Gasteiger partial charge on any atom is 0.345 e. The first-order valence-electron chi connectivity index (χ1n) is 7.82. The first-order valence-corrected chi connectivity index (χ1v) is 7.82. The number of hydrogen-bond acceptors (Lipinski definition) is 5. The Morgan fingerprint density at radius 3 is 2.54 bits per heavy atom. The normalized spacial score (nSPS) is 11.0. The Bertz CT molecular complexity index is 957. The van der Waals surface area contributed by atoms with E-state index in [9.17, 15) is 9.59 Å². The molecular formula is C17H18N4O3. The molecule has 24 heavy (non-hydrogen) atoms. The second-order valence-electron chi connectivity index (χ2n) is 5.24. The second kappa shape index (κ2) is 6.27. The number of carbonyl (C=O) groups is 1. The molecule has 0 aliphatic heterocycles. The first-order chi connectivity index (χ1) is 11.6. The summed E-state index contributed by atoms with van der Waals surface area (Å²) in [5.41, 5.74) is 0.735. The van der Waals surface area contributed by atoms with E-state index >= 15 is 0 Å². The zero-order valence-corrected chi connectivity index (χ0v) is 13.8. The van der Waals surface area contributed by atoms with E-state index in [4.69, 9.17) is 4.74 Å². The maximum atomic E-state index is 12.9. The molecule has 3 aromatic rings. The van der Waals surface area contributed by atoms with Gasteiger partial charge >= 0.3 is 5.97 Å². The SMILES string of the molecule is CCOC(=O)c1c(CC)nc2n(-c3ccccc3)nc(C)n2c1=O. The van der Waals surface area contributed by atoms with E-state index in [-0.39, 0.29) is 12.2 Å². The van der Waals surface area contributed by atoms with Crippen LogP contribution >= 0.6 is 0 Å². The van der Waals surface area contributed by atoms with Crippen molar-refractivity contribution >= 4 is 11.7 Å². The third kappa shape index (κ3) is 2.47. The number of fused-ring (bicyclic) bond motifs is 1. The smallest absolute Gasteiger partial charge is 0.345 e. The molecule has 0 bridgehead atoms. The fourth-order valence-corrected chi connectivity index (χ4v) is 2.63. The molecule has 7 heteroatoms. The van der Waals surface area contributed by atoms with Crippen LogP contribution < -0.4 is 5.56 Å². The van der Waals surface area contributed by atoms with E-state index in [1.54, 1.807) is 18.5 Å².